The number of anilines is 1. The highest BCUT2D eigenvalue weighted by molar-refractivity contribution is 5.76. The molecule has 0 aliphatic carbocycles. The smallest absolute Gasteiger partial charge is 0.220 e. The zero-order chi connectivity index (χ0) is 16.6. The first-order valence-electron chi connectivity index (χ1n) is 8.39. The van der Waals surface area contributed by atoms with Crippen LogP contribution in [0.2, 0.25) is 0 Å². The van der Waals surface area contributed by atoms with Gasteiger partial charge in [-0.15, -0.1) is 0 Å². The van der Waals surface area contributed by atoms with E-state index in [9.17, 15) is 4.79 Å². The molecule has 0 spiro atoms. The van der Waals surface area contributed by atoms with Crippen molar-refractivity contribution in [2.75, 3.05) is 31.2 Å². The summed E-state index contributed by atoms with van der Waals surface area (Å²) in [6, 6.07) is 14.1. The van der Waals surface area contributed by atoms with Gasteiger partial charge in [-0.2, -0.15) is 0 Å². The fraction of sp³-hybridized carbons (Fsp3) is 0.368. The van der Waals surface area contributed by atoms with Gasteiger partial charge in [-0.05, 0) is 29.7 Å². The van der Waals surface area contributed by atoms with Crippen LogP contribution < -0.4 is 10.2 Å². The number of carbonyl (C=O) groups excluding carboxylic acids is 1. The number of nitrogens with zero attached hydrogens (tertiary/aromatic N) is 2. The molecule has 1 aliphatic heterocycles. The van der Waals surface area contributed by atoms with Gasteiger partial charge in [0, 0.05) is 32.3 Å². The molecule has 126 valence electrons. The van der Waals surface area contributed by atoms with E-state index in [2.05, 4.69) is 15.2 Å². The van der Waals surface area contributed by atoms with Crippen molar-refractivity contribution in [1.29, 1.82) is 0 Å². The van der Waals surface area contributed by atoms with Gasteiger partial charge >= 0.3 is 0 Å². The molecule has 5 heteroatoms. The number of aromatic nitrogens is 1. The van der Waals surface area contributed by atoms with E-state index in [0.29, 0.717) is 13.0 Å². The van der Waals surface area contributed by atoms with Crippen LogP contribution in [0.5, 0.6) is 0 Å². The predicted octanol–water partition coefficient (Wildman–Crippen LogP) is 2.17. The van der Waals surface area contributed by atoms with Crippen molar-refractivity contribution in [1.82, 2.24) is 10.3 Å². The third kappa shape index (κ3) is 4.80. The van der Waals surface area contributed by atoms with Crippen molar-refractivity contribution in [3.05, 3.63) is 59.8 Å². The molecule has 3 rings (SSSR count). The van der Waals surface area contributed by atoms with E-state index in [1.165, 1.54) is 5.56 Å². The Balaban J connectivity index is 1.48. The third-order valence-corrected chi connectivity index (χ3v) is 4.12. The lowest BCUT2D eigenvalue weighted by molar-refractivity contribution is -0.121. The number of rotatable bonds is 6. The van der Waals surface area contributed by atoms with Crippen molar-refractivity contribution in [2.24, 2.45) is 0 Å². The lowest BCUT2D eigenvalue weighted by Gasteiger charge is -2.28. The number of hydrogen-bond acceptors (Lipinski definition) is 4. The molecular formula is C19H23N3O2. The van der Waals surface area contributed by atoms with E-state index in [1.807, 2.05) is 42.5 Å². The Bertz CT molecular complexity index is 655. The summed E-state index contributed by atoms with van der Waals surface area (Å²) in [7, 11) is 0. The SMILES string of the molecule is O=C(CCc1ccccc1)NCc1ccnc(N2CCOCC2)c1. The van der Waals surface area contributed by atoms with Crippen molar-refractivity contribution in [3.63, 3.8) is 0 Å². The minimum atomic E-state index is 0.0728. The lowest BCUT2D eigenvalue weighted by Crippen LogP contribution is -2.36. The van der Waals surface area contributed by atoms with Crippen LogP contribution in [0.1, 0.15) is 17.5 Å². The molecule has 0 atom stereocenters. The van der Waals surface area contributed by atoms with Gasteiger partial charge in [0.15, 0.2) is 0 Å². The number of hydrogen-bond donors (Lipinski definition) is 1. The maximum Gasteiger partial charge on any atom is 0.220 e. The number of nitrogens with one attached hydrogen (secondary N) is 1. The highest BCUT2D eigenvalue weighted by Crippen LogP contribution is 2.14. The number of aryl methyl sites for hydroxylation is 1. The quantitative estimate of drug-likeness (QED) is 0.884. The van der Waals surface area contributed by atoms with E-state index in [1.54, 1.807) is 6.20 Å². The number of carbonyl (C=O) groups is 1. The van der Waals surface area contributed by atoms with Gasteiger partial charge in [0.1, 0.15) is 5.82 Å². The van der Waals surface area contributed by atoms with Crippen LogP contribution in [0.3, 0.4) is 0 Å². The summed E-state index contributed by atoms with van der Waals surface area (Å²) in [5.41, 5.74) is 2.26. The molecule has 1 aliphatic rings. The van der Waals surface area contributed by atoms with Crippen molar-refractivity contribution in [3.8, 4) is 0 Å². The lowest BCUT2D eigenvalue weighted by atomic mass is 10.1. The molecule has 5 nitrogen and oxygen atoms in total. The van der Waals surface area contributed by atoms with Gasteiger partial charge in [0.25, 0.3) is 0 Å². The molecule has 1 N–H and O–H groups in total. The second-order valence-corrected chi connectivity index (χ2v) is 5.88. The van der Waals surface area contributed by atoms with Gasteiger partial charge in [-0.25, -0.2) is 4.98 Å². The van der Waals surface area contributed by atoms with Crippen LogP contribution in [-0.2, 0) is 22.5 Å². The minimum absolute atomic E-state index is 0.0728. The van der Waals surface area contributed by atoms with Crippen LogP contribution in [0.15, 0.2) is 48.7 Å². The van der Waals surface area contributed by atoms with E-state index in [-0.39, 0.29) is 5.91 Å². The molecular weight excluding hydrogens is 302 g/mol. The van der Waals surface area contributed by atoms with Crippen LogP contribution in [0, 0.1) is 0 Å². The molecule has 1 aromatic heterocycles. The molecule has 24 heavy (non-hydrogen) atoms. The summed E-state index contributed by atoms with van der Waals surface area (Å²) >= 11 is 0. The minimum Gasteiger partial charge on any atom is -0.378 e. The highest BCUT2D eigenvalue weighted by Gasteiger charge is 2.12. The van der Waals surface area contributed by atoms with Gasteiger partial charge in [-0.3, -0.25) is 4.79 Å². The number of amides is 1. The number of pyridine rings is 1. The molecule has 0 radical (unpaired) electrons. The van der Waals surface area contributed by atoms with Gasteiger partial charge in [0.2, 0.25) is 5.91 Å². The Labute approximate surface area is 142 Å². The molecule has 1 aromatic carbocycles. The highest BCUT2D eigenvalue weighted by atomic mass is 16.5. The third-order valence-electron chi connectivity index (χ3n) is 4.12. The Morgan fingerprint density at radius 1 is 1.12 bits per heavy atom. The fourth-order valence-corrected chi connectivity index (χ4v) is 2.73. The maximum atomic E-state index is 12.0. The molecule has 1 amide bonds. The summed E-state index contributed by atoms with van der Waals surface area (Å²) in [4.78, 5) is 18.7. The van der Waals surface area contributed by atoms with Crippen molar-refractivity contribution in [2.45, 2.75) is 19.4 Å². The Morgan fingerprint density at radius 3 is 2.71 bits per heavy atom. The van der Waals surface area contributed by atoms with Crippen LogP contribution in [0.25, 0.3) is 0 Å². The van der Waals surface area contributed by atoms with Crippen LogP contribution >= 0.6 is 0 Å². The first kappa shape index (κ1) is 16.5. The molecule has 0 saturated carbocycles. The van der Waals surface area contributed by atoms with Crippen LogP contribution in [0.4, 0.5) is 5.82 Å². The topological polar surface area (TPSA) is 54.5 Å². The van der Waals surface area contributed by atoms with Gasteiger partial charge < -0.3 is 15.0 Å². The summed E-state index contributed by atoms with van der Waals surface area (Å²) in [6.45, 7) is 3.73. The Morgan fingerprint density at radius 2 is 1.92 bits per heavy atom. The summed E-state index contributed by atoms with van der Waals surface area (Å²) in [6.07, 6.45) is 3.07. The standard InChI is InChI=1S/C19H23N3O2/c23-19(7-6-16-4-2-1-3-5-16)21-15-17-8-9-20-18(14-17)22-10-12-24-13-11-22/h1-5,8-9,14H,6-7,10-13,15H2,(H,21,23). The molecule has 2 aromatic rings. The van der Waals surface area contributed by atoms with Crippen molar-refractivity contribution < 1.29 is 9.53 Å². The number of ether oxygens (including phenoxy) is 1. The summed E-state index contributed by atoms with van der Waals surface area (Å²) in [5.74, 6) is 1.03. The molecule has 1 fully saturated rings. The Hall–Kier alpha value is -2.40. The van der Waals surface area contributed by atoms with Gasteiger partial charge in [-0.1, -0.05) is 30.3 Å². The van der Waals surface area contributed by atoms with Crippen molar-refractivity contribution >= 4 is 11.7 Å². The largest absolute Gasteiger partial charge is 0.378 e. The molecule has 0 bridgehead atoms. The average Bonchev–Trinajstić information content (AvgIpc) is 2.66. The average molecular weight is 325 g/mol. The molecule has 1 saturated heterocycles. The summed E-state index contributed by atoms with van der Waals surface area (Å²) < 4.78 is 5.37. The molecule has 2 heterocycles. The van der Waals surface area contributed by atoms with E-state index in [0.717, 1.165) is 44.1 Å². The first-order chi connectivity index (χ1) is 11.8. The fourth-order valence-electron chi connectivity index (χ4n) is 2.73. The zero-order valence-electron chi connectivity index (χ0n) is 13.8. The number of morpholine rings is 1. The Kier molecular flexibility index (Phi) is 5.80. The second kappa shape index (κ2) is 8.45. The number of benzene rings is 1. The van der Waals surface area contributed by atoms with E-state index in [4.69, 9.17) is 4.74 Å². The monoisotopic (exact) mass is 325 g/mol. The normalized spacial score (nSPS) is 14.4. The van der Waals surface area contributed by atoms with Gasteiger partial charge in [0.05, 0.1) is 13.2 Å². The van der Waals surface area contributed by atoms with E-state index < -0.39 is 0 Å². The first-order valence-corrected chi connectivity index (χ1v) is 8.39. The van der Waals surface area contributed by atoms with Crippen LogP contribution in [-0.4, -0.2) is 37.2 Å². The maximum absolute atomic E-state index is 12.0. The molecule has 0 unspecified atom stereocenters. The summed E-state index contributed by atoms with van der Waals surface area (Å²) in [5, 5.41) is 2.99. The predicted molar refractivity (Wildman–Crippen MR) is 93.9 cm³/mol. The zero-order valence-corrected chi connectivity index (χ0v) is 13.8. The second-order valence-electron chi connectivity index (χ2n) is 5.88. The van der Waals surface area contributed by atoms with E-state index >= 15 is 0 Å².